The second-order valence-electron chi connectivity index (χ2n) is 6.80. The minimum Gasteiger partial charge on any atom is -0.497 e. The average molecular weight is 365 g/mol. The molecular weight excluding hydrogens is 340 g/mol. The van der Waals surface area contributed by atoms with Crippen molar-refractivity contribution in [2.45, 2.75) is 32.1 Å². The van der Waals surface area contributed by atoms with Gasteiger partial charge in [0.15, 0.2) is 0 Å². The minimum atomic E-state index is -0.0857. The fourth-order valence-electron chi connectivity index (χ4n) is 3.70. The van der Waals surface area contributed by atoms with Gasteiger partial charge >= 0.3 is 0 Å². The van der Waals surface area contributed by atoms with Crippen LogP contribution in [0.2, 0.25) is 5.02 Å². The molecular formula is C19H25ClN2O3. The predicted octanol–water partition coefficient (Wildman–Crippen LogP) is 3.21. The van der Waals surface area contributed by atoms with Gasteiger partial charge in [-0.3, -0.25) is 9.59 Å². The Hall–Kier alpha value is -1.75. The smallest absolute Gasteiger partial charge is 0.255 e. The molecule has 0 bridgehead atoms. The first-order valence-electron chi connectivity index (χ1n) is 9.01. The van der Waals surface area contributed by atoms with Gasteiger partial charge in [0, 0.05) is 32.1 Å². The molecule has 3 rings (SSSR count). The fourth-order valence-corrected chi connectivity index (χ4v) is 3.96. The monoisotopic (exact) mass is 364 g/mol. The Morgan fingerprint density at radius 1 is 1.04 bits per heavy atom. The molecule has 2 fully saturated rings. The van der Waals surface area contributed by atoms with E-state index in [0.29, 0.717) is 42.5 Å². The maximum absolute atomic E-state index is 12.7. The third kappa shape index (κ3) is 4.09. The first-order chi connectivity index (χ1) is 12.1. The normalized spacial score (nSPS) is 19.0. The zero-order chi connectivity index (χ0) is 17.8. The number of methoxy groups -OCH3 is 1. The van der Waals surface area contributed by atoms with E-state index in [2.05, 4.69) is 0 Å². The number of rotatable bonds is 3. The van der Waals surface area contributed by atoms with Crippen LogP contribution < -0.4 is 4.74 Å². The quantitative estimate of drug-likeness (QED) is 0.827. The summed E-state index contributed by atoms with van der Waals surface area (Å²) < 4.78 is 5.12. The Bertz CT molecular complexity index is 636. The summed E-state index contributed by atoms with van der Waals surface area (Å²) in [6.45, 7) is 2.32. The van der Waals surface area contributed by atoms with Crippen molar-refractivity contribution in [2.24, 2.45) is 5.92 Å². The summed E-state index contributed by atoms with van der Waals surface area (Å²) in [5.41, 5.74) is 0.481. The second-order valence-corrected chi connectivity index (χ2v) is 7.21. The number of hydrogen-bond donors (Lipinski definition) is 0. The lowest BCUT2D eigenvalue weighted by atomic mass is 9.88. The summed E-state index contributed by atoms with van der Waals surface area (Å²) >= 11 is 6.21. The molecule has 1 aromatic rings. The maximum Gasteiger partial charge on any atom is 0.255 e. The molecule has 6 heteroatoms. The summed E-state index contributed by atoms with van der Waals surface area (Å²) in [6.07, 6.45) is 5.59. The molecule has 136 valence electrons. The molecule has 1 aromatic carbocycles. The minimum absolute atomic E-state index is 0.0857. The van der Waals surface area contributed by atoms with E-state index in [1.807, 2.05) is 4.90 Å². The average Bonchev–Trinajstić information content (AvgIpc) is 2.67. The Morgan fingerprint density at radius 2 is 1.68 bits per heavy atom. The molecule has 1 saturated carbocycles. The standard InChI is InChI=1S/C19H25ClN2O3/c1-25-15-7-8-16(17(20)13-15)19(24)22-11-9-21(10-12-22)18(23)14-5-3-2-4-6-14/h7-8,13-14H,2-6,9-12H2,1H3. The number of carbonyl (C=O) groups is 2. The molecule has 0 N–H and O–H groups in total. The summed E-state index contributed by atoms with van der Waals surface area (Å²) in [7, 11) is 1.57. The van der Waals surface area contributed by atoms with Crippen LogP contribution >= 0.6 is 11.6 Å². The lowest BCUT2D eigenvalue weighted by Gasteiger charge is -2.37. The maximum atomic E-state index is 12.7. The van der Waals surface area contributed by atoms with Crippen molar-refractivity contribution in [3.63, 3.8) is 0 Å². The van der Waals surface area contributed by atoms with E-state index in [1.165, 1.54) is 6.42 Å². The van der Waals surface area contributed by atoms with Crippen molar-refractivity contribution in [3.8, 4) is 5.75 Å². The summed E-state index contributed by atoms with van der Waals surface area (Å²) in [5.74, 6) is 1.00. The Morgan fingerprint density at radius 3 is 2.28 bits per heavy atom. The fraction of sp³-hybridized carbons (Fsp3) is 0.579. The van der Waals surface area contributed by atoms with Crippen molar-refractivity contribution in [1.29, 1.82) is 0 Å². The molecule has 2 amide bonds. The highest BCUT2D eigenvalue weighted by Crippen LogP contribution is 2.27. The van der Waals surface area contributed by atoms with Crippen LogP contribution in [0, 0.1) is 5.92 Å². The largest absolute Gasteiger partial charge is 0.497 e. The highest BCUT2D eigenvalue weighted by Gasteiger charge is 2.30. The van der Waals surface area contributed by atoms with Crippen molar-refractivity contribution < 1.29 is 14.3 Å². The summed E-state index contributed by atoms with van der Waals surface area (Å²) in [6, 6.07) is 5.09. The van der Waals surface area contributed by atoms with Crippen LogP contribution in [0.5, 0.6) is 5.75 Å². The van der Waals surface area contributed by atoms with Gasteiger partial charge in [-0.2, -0.15) is 0 Å². The lowest BCUT2D eigenvalue weighted by molar-refractivity contribution is -0.138. The van der Waals surface area contributed by atoms with Gasteiger partial charge in [0.2, 0.25) is 5.91 Å². The van der Waals surface area contributed by atoms with Gasteiger partial charge in [0.05, 0.1) is 17.7 Å². The highest BCUT2D eigenvalue weighted by molar-refractivity contribution is 6.34. The molecule has 1 heterocycles. The van der Waals surface area contributed by atoms with Crippen LogP contribution in [-0.2, 0) is 4.79 Å². The van der Waals surface area contributed by atoms with E-state index in [0.717, 1.165) is 25.7 Å². The van der Waals surface area contributed by atoms with E-state index in [4.69, 9.17) is 16.3 Å². The molecule has 1 aliphatic heterocycles. The second kappa shape index (κ2) is 8.09. The first kappa shape index (κ1) is 18.1. The summed E-state index contributed by atoms with van der Waals surface area (Å²) in [4.78, 5) is 29.0. The number of piperazine rings is 1. The lowest BCUT2D eigenvalue weighted by Crippen LogP contribution is -2.52. The van der Waals surface area contributed by atoms with Crippen molar-refractivity contribution in [2.75, 3.05) is 33.3 Å². The SMILES string of the molecule is COc1ccc(C(=O)N2CCN(C(=O)C3CCCCC3)CC2)c(Cl)c1. The molecule has 0 aromatic heterocycles. The molecule has 5 nitrogen and oxygen atoms in total. The van der Waals surface area contributed by atoms with E-state index in [-0.39, 0.29) is 17.7 Å². The van der Waals surface area contributed by atoms with Crippen LogP contribution in [0.15, 0.2) is 18.2 Å². The number of benzene rings is 1. The van der Waals surface area contributed by atoms with Gasteiger partial charge in [0.25, 0.3) is 5.91 Å². The number of halogens is 1. The molecule has 0 spiro atoms. The van der Waals surface area contributed by atoms with Crippen LogP contribution in [0.1, 0.15) is 42.5 Å². The van der Waals surface area contributed by atoms with Crippen LogP contribution in [0.4, 0.5) is 0 Å². The van der Waals surface area contributed by atoms with Gasteiger partial charge in [0.1, 0.15) is 5.75 Å². The Labute approximate surface area is 153 Å². The van der Waals surface area contributed by atoms with E-state index in [9.17, 15) is 9.59 Å². The van der Waals surface area contributed by atoms with Gasteiger partial charge in [-0.1, -0.05) is 30.9 Å². The van der Waals surface area contributed by atoms with Crippen molar-refractivity contribution in [1.82, 2.24) is 9.80 Å². The zero-order valence-corrected chi connectivity index (χ0v) is 15.4. The topological polar surface area (TPSA) is 49.9 Å². The van der Waals surface area contributed by atoms with E-state index in [1.54, 1.807) is 30.2 Å². The number of nitrogens with zero attached hydrogens (tertiary/aromatic N) is 2. The molecule has 2 aliphatic rings. The van der Waals surface area contributed by atoms with Gasteiger partial charge in [-0.25, -0.2) is 0 Å². The first-order valence-corrected chi connectivity index (χ1v) is 9.39. The Balaban J connectivity index is 1.58. The van der Waals surface area contributed by atoms with Crippen LogP contribution in [-0.4, -0.2) is 54.9 Å². The Kier molecular flexibility index (Phi) is 5.84. The van der Waals surface area contributed by atoms with Crippen LogP contribution in [0.3, 0.4) is 0 Å². The highest BCUT2D eigenvalue weighted by atomic mass is 35.5. The number of carbonyl (C=O) groups excluding carboxylic acids is 2. The number of amides is 2. The molecule has 25 heavy (non-hydrogen) atoms. The van der Waals surface area contributed by atoms with Gasteiger partial charge in [-0.15, -0.1) is 0 Å². The zero-order valence-electron chi connectivity index (χ0n) is 14.7. The number of hydrogen-bond acceptors (Lipinski definition) is 3. The third-order valence-corrected chi connectivity index (χ3v) is 5.55. The van der Waals surface area contributed by atoms with Crippen LogP contribution in [0.25, 0.3) is 0 Å². The van der Waals surface area contributed by atoms with Gasteiger partial charge in [-0.05, 0) is 31.0 Å². The third-order valence-electron chi connectivity index (χ3n) is 5.24. The summed E-state index contributed by atoms with van der Waals surface area (Å²) in [5, 5.41) is 0.394. The molecule has 0 unspecified atom stereocenters. The predicted molar refractivity (Wildman–Crippen MR) is 97.1 cm³/mol. The van der Waals surface area contributed by atoms with E-state index < -0.39 is 0 Å². The molecule has 1 saturated heterocycles. The van der Waals surface area contributed by atoms with Crippen molar-refractivity contribution >= 4 is 23.4 Å². The number of ether oxygens (including phenoxy) is 1. The molecule has 0 atom stereocenters. The van der Waals surface area contributed by atoms with Crippen molar-refractivity contribution in [3.05, 3.63) is 28.8 Å². The van der Waals surface area contributed by atoms with Gasteiger partial charge < -0.3 is 14.5 Å². The van der Waals surface area contributed by atoms with E-state index >= 15 is 0 Å². The molecule has 0 radical (unpaired) electrons. The molecule has 1 aliphatic carbocycles.